The van der Waals surface area contributed by atoms with Gasteiger partial charge in [-0.3, -0.25) is 4.21 Å². The van der Waals surface area contributed by atoms with Crippen LogP contribution < -0.4 is 5.73 Å². The lowest BCUT2D eigenvalue weighted by Gasteiger charge is -2.09. The summed E-state index contributed by atoms with van der Waals surface area (Å²) in [5.74, 6) is 2.16. The van der Waals surface area contributed by atoms with Crippen molar-refractivity contribution in [2.75, 3.05) is 11.5 Å². The van der Waals surface area contributed by atoms with Crippen LogP contribution in [0, 0.1) is 5.92 Å². The van der Waals surface area contributed by atoms with Crippen LogP contribution in [-0.2, 0) is 16.6 Å². The summed E-state index contributed by atoms with van der Waals surface area (Å²) in [6, 6.07) is 5.78. The largest absolute Gasteiger partial charge is 0.399 e. The minimum atomic E-state index is -0.754. The van der Waals surface area contributed by atoms with E-state index in [-0.39, 0.29) is 0 Å². The summed E-state index contributed by atoms with van der Waals surface area (Å²) in [7, 11) is -0.754. The first-order chi connectivity index (χ1) is 8.13. The van der Waals surface area contributed by atoms with E-state index < -0.39 is 10.8 Å². The Morgan fingerprint density at radius 3 is 2.65 bits per heavy atom. The van der Waals surface area contributed by atoms with E-state index in [0.717, 1.165) is 21.5 Å². The first-order valence-corrected chi connectivity index (χ1v) is 8.31. The summed E-state index contributed by atoms with van der Waals surface area (Å²) in [5, 5.41) is 0. The van der Waals surface area contributed by atoms with E-state index in [2.05, 4.69) is 15.9 Å². The van der Waals surface area contributed by atoms with Crippen molar-refractivity contribution >= 4 is 32.4 Å². The van der Waals surface area contributed by atoms with Gasteiger partial charge in [0.2, 0.25) is 0 Å². The van der Waals surface area contributed by atoms with Gasteiger partial charge in [0.1, 0.15) is 0 Å². The number of rotatable bonds is 4. The van der Waals surface area contributed by atoms with Gasteiger partial charge in [-0.2, -0.15) is 0 Å². The summed E-state index contributed by atoms with van der Waals surface area (Å²) in [4.78, 5) is 0. The van der Waals surface area contributed by atoms with Gasteiger partial charge >= 0.3 is 0 Å². The predicted molar refractivity (Wildman–Crippen MR) is 77.2 cm³/mol. The standard InChI is InChI=1S/C13H18BrNOS/c14-12-5-11(6-13(15)7-12)9-17(16)8-10-3-1-2-4-10/h5-7,10H,1-4,8-9,15H2. The van der Waals surface area contributed by atoms with Gasteiger partial charge in [0.05, 0.1) is 0 Å². The van der Waals surface area contributed by atoms with Gasteiger partial charge in [0.15, 0.2) is 0 Å². The molecule has 1 fully saturated rings. The van der Waals surface area contributed by atoms with Gasteiger partial charge in [0, 0.05) is 32.5 Å². The van der Waals surface area contributed by atoms with E-state index in [9.17, 15) is 4.21 Å². The Morgan fingerprint density at radius 2 is 2.00 bits per heavy atom. The number of benzene rings is 1. The Kier molecular flexibility index (Phi) is 4.62. The van der Waals surface area contributed by atoms with Crippen molar-refractivity contribution in [2.24, 2.45) is 5.92 Å². The average Bonchev–Trinajstić information content (AvgIpc) is 2.67. The number of hydrogen-bond donors (Lipinski definition) is 1. The molecule has 0 bridgehead atoms. The van der Waals surface area contributed by atoms with Crippen molar-refractivity contribution < 1.29 is 4.21 Å². The zero-order chi connectivity index (χ0) is 12.3. The highest BCUT2D eigenvalue weighted by molar-refractivity contribution is 9.10. The fraction of sp³-hybridized carbons (Fsp3) is 0.538. The van der Waals surface area contributed by atoms with Gasteiger partial charge in [-0.05, 0) is 42.5 Å². The monoisotopic (exact) mass is 315 g/mol. The number of anilines is 1. The molecule has 1 aromatic carbocycles. The van der Waals surface area contributed by atoms with Crippen LogP contribution in [0.2, 0.25) is 0 Å². The SMILES string of the molecule is Nc1cc(Br)cc(CS(=O)CC2CCCC2)c1. The first-order valence-electron chi connectivity index (χ1n) is 6.03. The van der Waals surface area contributed by atoms with Gasteiger partial charge in [0.25, 0.3) is 0 Å². The van der Waals surface area contributed by atoms with Crippen LogP contribution in [0.25, 0.3) is 0 Å². The molecule has 0 saturated heterocycles. The molecule has 1 aromatic rings. The highest BCUT2D eigenvalue weighted by atomic mass is 79.9. The van der Waals surface area contributed by atoms with E-state index in [1.54, 1.807) is 0 Å². The van der Waals surface area contributed by atoms with Crippen LogP contribution in [0.4, 0.5) is 5.69 Å². The molecule has 2 rings (SSSR count). The van der Waals surface area contributed by atoms with Crippen molar-refractivity contribution in [3.05, 3.63) is 28.2 Å². The molecule has 1 aliphatic carbocycles. The Hall–Kier alpha value is -0.350. The first kappa shape index (κ1) is 13.1. The molecule has 0 heterocycles. The van der Waals surface area contributed by atoms with Crippen LogP contribution >= 0.6 is 15.9 Å². The maximum Gasteiger partial charge on any atom is 0.0486 e. The van der Waals surface area contributed by atoms with Crippen LogP contribution in [-0.4, -0.2) is 9.96 Å². The Labute approximate surface area is 114 Å². The van der Waals surface area contributed by atoms with Crippen LogP contribution in [0.5, 0.6) is 0 Å². The number of halogens is 1. The minimum Gasteiger partial charge on any atom is -0.399 e. The quantitative estimate of drug-likeness (QED) is 0.864. The predicted octanol–water partition coefficient (Wildman–Crippen LogP) is 3.47. The third-order valence-electron chi connectivity index (χ3n) is 3.20. The second-order valence-electron chi connectivity index (χ2n) is 4.79. The second kappa shape index (κ2) is 6.01. The molecule has 4 heteroatoms. The summed E-state index contributed by atoms with van der Waals surface area (Å²) >= 11 is 3.41. The molecule has 2 N–H and O–H groups in total. The Bertz CT molecular complexity index is 396. The zero-order valence-electron chi connectivity index (χ0n) is 9.82. The molecule has 94 valence electrons. The van der Waals surface area contributed by atoms with Crippen molar-refractivity contribution in [3.8, 4) is 0 Å². The van der Waals surface area contributed by atoms with E-state index >= 15 is 0 Å². The molecule has 0 aliphatic heterocycles. The summed E-state index contributed by atoms with van der Waals surface area (Å²) in [5.41, 5.74) is 7.56. The third kappa shape index (κ3) is 4.11. The average molecular weight is 316 g/mol. The van der Waals surface area contributed by atoms with E-state index in [1.807, 2.05) is 18.2 Å². The normalized spacial score (nSPS) is 18.4. The molecule has 1 unspecified atom stereocenters. The molecule has 0 aromatic heterocycles. The molecule has 1 aliphatic rings. The number of hydrogen-bond acceptors (Lipinski definition) is 2. The van der Waals surface area contributed by atoms with Gasteiger partial charge in [-0.25, -0.2) is 0 Å². The lowest BCUT2D eigenvalue weighted by atomic mass is 10.1. The van der Waals surface area contributed by atoms with Gasteiger partial charge in [-0.1, -0.05) is 28.8 Å². The number of nitrogen functional groups attached to an aromatic ring is 1. The van der Waals surface area contributed by atoms with Crippen molar-refractivity contribution in [1.82, 2.24) is 0 Å². The van der Waals surface area contributed by atoms with E-state index in [0.29, 0.717) is 11.7 Å². The highest BCUT2D eigenvalue weighted by Gasteiger charge is 2.17. The van der Waals surface area contributed by atoms with Gasteiger partial charge in [-0.15, -0.1) is 0 Å². The van der Waals surface area contributed by atoms with Crippen molar-refractivity contribution in [2.45, 2.75) is 31.4 Å². The minimum absolute atomic E-state index is 0.625. The summed E-state index contributed by atoms with van der Waals surface area (Å²) in [6.45, 7) is 0. The molecule has 0 amide bonds. The van der Waals surface area contributed by atoms with Crippen LogP contribution in [0.1, 0.15) is 31.2 Å². The Morgan fingerprint density at radius 1 is 1.29 bits per heavy atom. The smallest absolute Gasteiger partial charge is 0.0486 e. The van der Waals surface area contributed by atoms with Gasteiger partial charge < -0.3 is 5.73 Å². The molecular weight excluding hydrogens is 298 g/mol. The lowest BCUT2D eigenvalue weighted by Crippen LogP contribution is -2.09. The molecular formula is C13H18BrNOS. The van der Waals surface area contributed by atoms with E-state index in [1.165, 1.54) is 25.7 Å². The maximum atomic E-state index is 12.0. The third-order valence-corrected chi connectivity index (χ3v) is 5.16. The molecule has 0 radical (unpaired) electrons. The lowest BCUT2D eigenvalue weighted by molar-refractivity contribution is 0.604. The molecule has 1 saturated carbocycles. The van der Waals surface area contributed by atoms with Crippen LogP contribution in [0.15, 0.2) is 22.7 Å². The fourth-order valence-electron chi connectivity index (χ4n) is 2.44. The zero-order valence-corrected chi connectivity index (χ0v) is 12.2. The number of nitrogens with two attached hydrogens (primary N) is 1. The Balaban J connectivity index is 1.92. The maximum absolute atomic E-state index is 12.0. The van der Waals surface area contributed by atoms with Crippen LogP contribution in [0.3, 0.4) is 0 Å². The van der Waals surface area contributed by atoms with E-state index in [4.69, 9.17) is 5.73 Å². The summed E-state index contributed by atoms with van der Waals surface area (Å²) in [6.07, 6.45) is 5.14. The van der Waals surface area contributed by atoms with Crippen molar-refractivity contribution in [3.63, 3.8) is 0 Å². The molecule has 0 spiro atoms. The molecule has 17 heavy (non-hydrogen) atoms. The summed E-state index contributed by atoms with van der Waals surface area (Å²) < 4.78 is 13.0. The fourth-order valence-corrected chi connectivity index (χ4v) is 4.52. The molecule has 2 nitrogen and oxygen atoms in total. The highest BCUT2D eigenvalue weighted by Crippen LogP contribution is 2.26. The topological polar surface area (TPSA) is 43.1 Å². The molecule has 1 atom stereocenters. The van der Waals surface area contributed by atoms with Crippen molar-refractivity contribution in [1.29, 1.82) is 0 Å². The second-order valence-corrected chi connectivity index (χ2v) is 7.21.